The third-order valence-electron chi connectivity index (χ3n) is 3.31. The largest absolute Gasteiger partial charge is 0.294 e. The summed E-state index contributed by atoms with van der Waals surface area (Å²) in [5.74, 6) is 0. The van der Waals surface area contributed by atoms with Gasteiger partial charge in [0.2, 0.25) is 0 Å². The molecule has 0 saturated heterocycles. The Morgan fingerprint density at radius 2 is 1.63 bits per heavy atom. The summed E-state index contributed by atoms with van der Waals surface area (Å²) in [5, 5.41) is 12.7. The van der Waals surface area contributed by atoms with Gasteiger partial charge in [-0.1, -0.05) is 48.5 Å². The highest BCUT2D eigenvalue weighted by molar-refractivity contribution is 5.39. The number of aryl methyl sites for hydroxylation is 2. The number of hydrogen-bond acceptors (Lipinski definition) is 2. The molecule has 2 nitrogen and oxygen atoms in total. The molecule has 2 aromatic rings. The molecule has 1 N–H and O–H groups in total. The Kier molecular flexibility index (Phi) is 4.33. The van der Waals surface area contributed by atoms with Gasteiger partial charge in [0.1, 0.15) is 6.04 Å². The number of nitriles is 1. The van der Waals surface area contributed by atoms with Crippen molar-refractivity contribution in [1.29, 1.82) is 5.26 Å². The molecule has 2 aromatic carbocycles. The van der Waals surface area contributed by atoms with Gasteiger partial charge in [-0.05, 0) is 36.1 Å². The molecule has 1 unspecified atom stereocenters. The van der Waals surface area contributed by atoms with Crippen LogP contribution in [0.15, 0.2) is 48.5 Å². The van der Waals surface area contributed by atoms with Gasteiger partial charge in [0.15, 0.2) is 0 Å². The summed E-state index contributed by atoms with van der Waals surface area (Å²) in [6.07, 6.45) is 0. The first-order valence-corrected chi connectivity index (χ1v) is 6.45. The third-order valence-corrected chi connectivity index (χ3v) is 3.31. The van der Waals surface area contributed by atoms with Crippen LogP contribution in [0.2, 0.25) is 0 Å². The fourth-order valence-electron chi connectivity index (χ4n) is 2.31. The quantitative estimate of drug-likeness (QED) is 0.899. The van der Waals surface area contributed by atoms with Gasteiger partial charge in [-0.25, -0.2) is 0 Å². The second-order valence-electron chi connectivity index (χ2n) is 4.73. The molecule has 96 valence electrons. The molecule has 2 rings (SSSR count). The number of hydrogen-bond donors (Lipinski definition) is 1. The zero-order valence-corrected chi connectivity index (χ0v) is 11.4. The lowest BCUT2D eigenvalue weighted by molar-refractivity contribution is 0.625. The summed E-state index contributed by atoms with van der Waals surface area (Å²) in [5.41, 5.74) is 4.61. The van der Waals surface area contributed by atoms with Crippen molar-refractivity contribution in [2.45, 2.75) is 26.4 Å². The molecule has 0 aromatic heterocycles. The molecule has 0 heterocycles. The van der Waals surface area contributed by atoms with Gasteiger partial charge in [-0.2, -0.15) is 5.26 Å². The molecule has 0 aliphatic heterocycles. The summed E-state index contributed by atoms with van der Waals surface area (Å²) in [4.78, 5) is 0. The minimum absolute atomic E-state index is 0.263. The van der Waals surface area contributed by atoms with E-state index in [0.29, 0.717) is 6.54 Å². The zero-order valence-electron chi connectivity index (χ0n) is 11.4. The van der Waals surface area contributed by atoms with Crippen LogP contribution in [0.1, 0.15) is 28.3 Å². The highest BCUT2D eigenvalue weighted by Crippen LogP contribution is 2.21. The lowest BCUT2D eigenvalue weighted by Crippen LogP contribution is -2.21. The maximum absolute atomic E-state index is 9.39. The SMILES string of the molecule is Cc1cccc(C)c1C(C#N)NCc1ccccc1. The van der Waals surface area contributed by atoms with E-state index < -0.39 is 0 Å². The van der Waals surface area contributed by atoms with Crippen LogP contribution < -0.4 is 5.32 Å². The van der Waals surface area contributed by atoms with Gasteiger partial charge < -0.3 is 0 Å². The van der Waals surface area contributed by atoms with Crippen molar-refractivity contribution in [2.24, 2.45) is 0 Å². The van der Waals surface area contributed by atoms with Gasteiger partial charge in [-0.3, -0.25) is 5.32 Å². The molecule has 0 amide bonds. The van der Waals surface area contributed by atoms with Crippen LogP contribution >= 0.6 is 0 Å². The number of nitrogens with one attached hydrogen (secondary N) is 1. The summed E-state index contributed by atoms with van der Waals surface area (Å²) in [7, 11) is 0. The van der Waals surface area contributed by atoms with Gasteiger partial charge in [0.05, 0.1) is 6.07 Å². The predicted molar refractivity (Wildman–Crippen MR) is 77.6 cm³/mol. The lowest BCUT2D eigenvalue weighted by atomic mass is 9.96. The Bertz CT molecular complexity index is 562. The molecule has 0 bridgehead atoms. The first-order valence-electron chi connectivity index (χ1n) is 6.45. The standard InChI is InChI=1S/C17H18N2/c1-13-7-6-8-14(2)17(13)16(11-18)19-12-15-9-4-3-5-10-15/h3-10,16,19H,12H2,1-2H3. The Hall–Kier alpha value is -2.11. The summed E-state index contributed by atoms with van der Waals surface area (Å²) in [6, 6.07) is 18.4. The highest BCUT2D eigenvalue weighted by Gasteiger charge is 2.14. The molecule has 2 heteroatoms. The number of rotatable bonds is 4. The third kappa shape index (κ3) is 3.21. The Balaban J connectivity index is 2.16. The zero-order chi connectivity index (χ0) is 13.7. The molecule has 0 aliphatic carbocycles. The van der Waals surface area contributed by atoms with E-state index in [4.69, 9.17) is 0 Å². The minimum Gasteiger partial charge on any atom is -0.294 e. The number of benzene rings is 2. The van der Waals surface area contributed by atoms with Crippen molar-refractivity contribution in [3.8, 4) is 6.07 Å². The van der Waals surface area contributed by atoms with Crippen LogP contribution in [0, 0.1) is 25.2 Å². The summed E-state index contributed by atoms with van der Waals surface area (Å²) >= 11 is 0. The van der Waals surface area contributed by atoms with Crippen LogP contribution in [0.25, 0.3) is 0 Å². The van der Waals surface area contributed by atoms with E-state index in [9.17, 15) is 5.26 Å². The molecule has 1 atom stereocenters. The molecule has 0 spiro atoms. The van der Waals surface area contributed by atoms with E-state index in [0.717, 1.165) is 16.7 Å². The fourth-order valence-corrected chi connectivity index (χ4v) is 2.31. The van der Waals surface area contributed by atoms with E-state index >= 15 is 0 Å². The molecule has 0 aliphatic rings. The van der Waals surface area contributed by atoms with E-state index in [2.05, 4.69) is 49.5 Å². The second-order valence-corrected chi connectivity index (χ2v) is 4.73. The number of nitrogens with zero attached hydrogens (tertiary/aromatic N) is 1. The van der Waals surface area contributed by atoms with Crippen LogP contribution in [-0.4, -0.2) is 0 Å². The molecule has 0 saturated carbocycles. The minimum atomic E-state index is -0.263. The maximum Gasteiger partial charge on any atom is 0.122 e. The van der Waals surface area contributed by atoms with Crippen LogP contribution in [-0.2, 0) is 6.54 Å². The first-order chi connectivity index (χ1) is 9.22. The van der Waals surface area contributed by atoms with Gasteiger partial charge in [-0.15, -0.1) is 0 Å². The maximum atomic E-state index is 9.39. The lowest BCUT2D eigenvalue weighted by Gasteiger charge is -2.17. The normalized spacial score (nSPS) is 11.8. The van der Waals surface area contributed by atoms with Crippen molar-refractivity contribution >= 4 is 0 Å². The fraction of sp³-hybridized carbons (Fsp3) is 0.235. The van der Waals surface area contributed by atoms with Crippen molar-refractivity contribution in [1.82, 2.24) is 5.32 Å². The molecular formula is C17H18N2. The average molecular weight is 250 g/mol. The smallest absolute Gasteiger partial charge is 0.122 e. The van der Waals surface area contributed by atoms with Crippen LogP contribution in [0.4, 0.5) is 0 Å². The average Bonchev–Trinajstić information content (AvgIpc) is 2.43. The van der Waals surface area contributed by atoms with Crippen LogP contribution in [0.5, 0.6) is 0 Å². The molecule has 19 heavy (non-hydrogen) atoms. The summed E-state index contributed by atoms with van der Waals surface area (Å²) < 4.78 is 0. The van der Waals surface area contributed by atoms with Gasteiger partial charge in [0, 0.05) is 6.54 Å². The van der Waals surface area contributed by atoms with E-state index in [1.165, 1.54) is 5.56 Å². The molecule has 0 fully saturated rings. The van der Waals surface area contributed by atoms with E-state index in [1.54, 1.807) is 0 Å². The topological polar surface area (TPSA) is 35.8 Å². The Labute approximate surface area is 114 Å². The predicted octanol–water partition coefficient (Wildman–Crippen LogP) is 3.66. The van der Waals surface area contributed by atoms with E-state index in [1.807, 2.05) is 24.3 Å². The monoisotopic (exact) mass is 250 g/mol. The van der Waals surface area contributed by atoms with Gasteiger partial charge in [0.25, 0.3) is 0 Å². The summed E-state index contributed by atoms with van der Waals surface area (Å²) in [6.45, 7) is 4.81. The van der Waals surface area contributed by atoms with Crippen LogP contribution in [0.3, 0.4) is 0 Å². The van der Waals surface area contributed by atoms with Crippen molar-refractivity contribution < 1.29 is 0 Å². The Morgan fingerprint density at radius 3 is 2.21 bits per heavy atom. The highest BCUT2D eigenvalue weighted by atomic mass is 14.9. The van der Waals surface area contributed by atoms with Crippen molar-refractivity contribution in [3.05, 3.63) is 70.8 Å². The molecular weight excluding hydrogens is 232 g/mol. The van der Waals surface area contributed by atoms with E-state index in [-0.39, 0.29) is 6.04 Å². The first kappa shape index (κ1) is 13.3. The van der Waals surface area contributed by atoms with Crippen molar-refractivity contribution in [2.75, 3.05) is 0 Å². The van der Waals surface area contributed by atoms with Gasteiger partial charge >= 0.3 is 0 Å². The molecule has 0 radical (unpaired) electrons. The Morgan fingerprint density at radius 1 is 1.00 bits per heavy atom. The van der Waals surface area contributed by atoms with Crippen molar-refractivity contribution in [3.63, 3.8) is 0 Å². The second kappa shape index (κ2) is 6.17.